The van der Waals surface area contributed by atoms with Crippen molar-refractivity contribution in [2.75, 3.05) is 0 Å². The lowest BCUT2D eigenvalue weighted by Crippen LogP contribution is -2.28. The maximum Gasteiger partial charge on any atom is 0.171 e. The van der Waals surface area contributed by atoms with Crippen molar-refractivity contribution in [2.24, 2.45) is 5.73 Å². The smallest absolute Gasteiger partial charge is 0.171 e. The normalized spacial score (nSPS) is 14.3. The maximum atomic E-state index is 13.5. The molecule has 1 heterocycles. The molecule has 2 unspecified atom stereocenters. The highest BCUT2D eigenvalue weighted by Crippen LogP contribution is 2.26. The molecule has 0 aliphatic rings. The van der Waals surface area contributed by atoms with Crippen LogP contribution in [0.4, 0.5) is 4.39 Å². The molecule has 0 fully saturated rings. The monoisotopic (exact) mass is 235 g/mol. The molecule has 2 rings (SSSR count). The Morgan fingerprint density at radius 2 is 2.00 bits per heavy atom. The average molecular weight is 235 g/mol. The van der Waals surface area contributed by atoms with Crippen LogP contribution in [0.25, 0.3) is 0 Å². The molecule has 0 aliphatic heterocycles. The van der Waals surface area contributed by atoms with Gasteiger partial charge >= 0.3 is 0 Å². The number of nitrogens with two attached hydrogens (primary N) is 1. The average Bonchev–Trinajstić information content (AvgIpc) is 2.81. The number of benzene rings is 1. The first-order valence-corrected chi connectivity index (χ1v) is 5.38. The van der Waals surface area contributed by atoms with Gasteiger partial charge in [-0.3, -0.25) is 0 Å². The molecule has 0 amide bonds. The summed E-state index contributed by atoms with van der Waals surface area (Å²) in [6.07, 6.45) is 1.04. The molecule has 0 radical (unpaired) electrons. The van der Waals surface area contributed by atoms with Crippen LogP contribution in [0, 0.1) is 5.82 Å². The highest BCUT2D eigenvalue weighted by molar-refractivity contribution is 5.25. The third-order valence-corrected chi connectivity index (χ3v) is 2.39. The molecule has 0 spiro atoms. The predicted molar refractivity (Wildman–Crippen MR) is 62.1 cm³/mol. The minimum atomic E-state index is -0.498. The Morgan fingerprint density at radius 3 is 2.59 bits per heavy atom. The highest BCUT2D eigenvalue weighted by atomic mass is 19.1. The van der Waals surface area contributed by atoms with E-state index >= 15 is 0 Å². The zero-order valence-electron chi connectivity index (χ0n) is 9.47. The number of hydrogen-bond acceptors (Lipinski definition) is 3. The Hall–Kier alpha value is -1.81. The topological polar surface area (TPSA) is 48.4 Å². The Labute approximate surface area is 99.0 Å². The van der Waals surface area contributed by atoms with Gasteiger partial charge in [-0.05, 0) is 31.2 Å². The Balaban J connectivity index is 2.23. The second-order valence-electron chi connectivity index (χ2n) is 3.84. The van der Waals surface area contributed by atoms with E-state index in [1.807, 2.05) is 0 Å². The van der Waals surface area contributed by atoms with Gasteiger partial charge in [-0.15, -0.1) is 0 Å². The molecule has 0 saturated carbocycles. The van der Waals surface area contributed by atoms with Gasteiger partial charge < -0.3 is 14.9 Å². The predicted octanol–water partition coefficient (Wildman–Crippen LogP) is 2.89. The molecule has 1 aromatic carbocycles. The summed E-state index contributed by atoms with van der Waals surface area (Å²) >= 11 is 0. The van der Waals surface area contributed by atoms with Crippen LogP contribution in [0.2, 0.25) is 0 Å². The van der Waals surface area contributed by atoms with Crippen molar-refractivity contribution in [2.45, 2.75) is 19.1 Å². The molecule has 0 aliphatic carbocycles. The van der Waals surface area contributed by atoms with Crippen molar-refractivity contribution in [1.29, 1.82) is 0 Å². The van der Waals surface area contributed by atoms with Crippen LogP contribution >= 0.6 is 0 Å². The molecule has 0 saturated heterocycles. The third kappa shape index (κ3) is 2.65. The first-order chi connectivity index (χ1) is 8.18. The second-order valence-corrected chi connectivity index (χ2v) is 3.84. The number of halogens is 1. The number of para-hydroxylation sites is 1. The summed E-state index contributed by atoms with van der Waals surface area (Å²) in [5, 5.41) is 0. The van der Waals surface area contributed by atoms with E-state index in [4.69, 9.17) is 14.9 Å². The van der Waals surface area contributed by atoms with Gasteiger partial charge in [-0.1, -0.05) is 12.1 Å². The maximum absolute atomic E-state index is 13.5. The summed E-state index contributed by atoms with van der Waals surface area (Å²) in [6.45, 7) is 1.79. The lowest BCUT2D eigenvalue weighted by molar-refractivity contribution is 0.147. The van der Waals surface area contributed by atoms with E-state index in [-0.39, 0.29) is 11.8 Å². The van der Waals surface area contributed by atoms with Gasteiger partial charge in [-0.2, -0.15) is 0 Å². The van der Waals surface area contributed by atoms with Crippen molar-refractivity contribution >= 4 is 0 Å². The van der Waals surface area contributed by atoms with Crippen molar-refractivity contribution in [3.05, 3.63) is 54.2 Å². The zero-order chi connectivity index (χ0) is 12.3. The van der Waals surface area contributed by atoms with E-state index in [9.17, 15) is 4.39 Å². The first kappa shape index (κ1) is 11.7. The summed E-state index contributed by atoms with van der Waals surface area (Å²) in [6, 6.07) is 9.42. The molecule has 2 N–H and O–H groups in total. The van der Waals surface area contributed by atoms with E-state index in [0.717, 1.165) is 0 Å². The van der Waals surface area contributed by atoms with Crippen molar-refractivity contribution in [3.8, 4) is 5.75 Å². The molecule has 2 atom stereocenters. The van der Waals surface area contributed by atoms with E-state index < -0.39 is 11.9 Å². The summed E-state index contributed by atoms with van der Waals surface area (Å²) in [4.78, 5) is 0. The van der Waals surface area contributed by atoms with Crippen LogP contribution in [-0.2, 0) is 0 Å². The van der Waals surface area contributed by atoms with Gasteiger partial charge in [0.05, 0.1) is 6.26 Å². The largest absolute Gasteiger partial charge is 0.478 e. The quantitative estimate of drug-likeness (QED) is 0.886. The summed E-state index contributed by atoms with van der Waals surface area (Å²) in [5.41, 5.74) is 5.82. The van der Waals surface area contributed by atoms with Gasteiger partial charge in [0.25, 0.3) is 0 Å². The molecule has 0 bridgehead atoms. The molecule has 3 nitrogen and oxygen atoms in total. The zero-order valence-corrected chi connectivity index (χ0v) is 9.47. The van der Waals surface area contributed by atoms with Crippen LogP contribution in [0.5, 0.6) is 5.75 Å². The number of hydrogen-bond donors (Lipinski definition) is 1. The standard InChI is InChI=1S/C13H14FNO2/c1-9(15)13(12-7-4-8-16-12)17-11-6-3-2-5-10(11)14/h2-9,13H,15H2,1H3. The van der Waals surface area contributed by atoms with Crippen molar-refractivity contribution in [3.63, 3.8) is 0 Å². The number of ether oxygens (including phenoxy) is 1. The SMILES string of the molecule is CC(N)C(Oc1ccccc1F)c1ccco1. The van der Waals surface area contributed by atoms with Gasteiger partial charge in [0.15, 0.2) is 17.7 Å². The van der Waals surface area contributed by atoms with Crippen LogP contribution in [0.15, 0.2) is 47.1 Å². The van der Waals surface area contributed by atoms with Crippen molar-refractivity contribution < 1.29 is 13.5 Å². The summed E-state index contributed by atoms with van der Waals surface area (Å²) < 4.78 is 24.3. The lowest BCUT2D eigenvalue weighted by Gasteiger charge is -2.20. The van der Waals surface area contributed by atoms with E-state index in [2.05, 4.69) is 0 Å². The fraction of sp³-hybridized carbons (Fsp3) is 0.231. The van der Waals surface area contributed by atoms with E-state index in [0.29, 0.717) is 5.76 Å². The highest BCUT2D eigenvalue weighted by Gasteiger charge is 2.22. The first-order valence-electron chi connectivity index (χ1n) is 5.38. The van der Waals surface area contributed by atoms with Gasteiger partial charge in [0.1, 0.15) is 5.76 Å². The molecule has 2 aromatic rings. The number of rotatable bonds is 4. The third-order valence-electron chi connectivity index (χ3n) is 2.39. The molecular weight excluding hydrogens is 221 g/mol. The van der Waals surface area contributed by atoms with Crippen LogP contribution < -0.4 is 10.5 Å². The van der Waals surface area contributed by atoms with E-state index in [1.54, 1.807) is 37.3 Å². The Kier molecular flexibility index (Phi) is 3.44. The Bertz CT molecular complexity index is 468. The lowest BCUT2D eigenvalue weighted by atomic mass is 10.1. The molecule has 1 aromatic heterocycles. The molecule has 17 heavy (non-hydrogen) atoms. The fourth-order valence-electron chi connectivity index (χ4n) is 1.55. The van der Waals surface area contributed by atoms with Crippen LogP contribution in [-0.4, -0.2) is 6.04 Å². The van der Waals surface area contributed by atoms with E-state index in [1.165, 1.54) is 12.3 Å². The summed E-state index contributed by atoms with van der Waals surface area (Å²) in [7, 11) is 0. The molecule has 90 valence electrons. The van der Waals surface area contributed by atoms with Crippen LogP contribution in [0.3, 0.4) is 0 Å². The molecule has 4 heteroatoms. The van der Waals surface area contributed by atoms with Gasteiger partial charge in [0, 0.05) is 6.04 Å². The molecular formula is C13H14FNO2. The second kappa shape index (κ2) is 5.01. The minimum absolute atomic E-state index is 0.172. The number of furan rings is 1. The van der Waals surface area contributed by atoms with Crippen LogP contribution in [0.1, 0.15) is 18.8 Å². The summed E-state index contributed by atoms with van der Waals surface area (Å²) in [5.74, 6) is 0.346. The van der Waals surface area contributed by atoms with Crippen molar-refractivity contribution in [1.82, 2.24) is 0 Å². The van der Waals surface area contributed by atoms with Gasteiger partial charge in [0.2, 0.25) is 0 Å². The fourth-order valence-corrected chi connectivity index (χ4v) is 1.55. The van der Waals surface area contributed by atoms with Gasteiger partial charge in [-0.25, -0.2) is 4.39 Å². The minimum Gasteiger partial charge on any atom is -0.478 e. The Morgan fingerprint density at radius 1 is 1.24 bits per heavy atom.